The maximum atomic E-state index is 11.8. The van der Waals surface area contributed by atoms with E-state index in [-0.39, 0.29) is 19.1 Å². The van der Waals surface area contributed by atoms with Crippen LogP contribution in [0.15, 0.2) is 0 Å². The molecular weight excluding hydrogens is 328 g/mol. The van der Waals surface area contributed by atoms with E-state index < -0.39 is 0 Å². The van der Waals surface area contributed by atoms with E-state index in [9.17, 15) is 4.79 Å². The van der Waals surface area contributed by atoms with Gasteiger partial charge in [0.05, 0.1) is 13.2 Å². The number of aliphatic hydroxyl groups excluding tert-OH is 2. The van der Waals surface area contributed by atoms with Crippen LogP contribution in [-0.2, 0) is 4.79 Å². The number of amides is 1. The number of rotatable bonds is 20. The van der Waals surface area contributed by atoms with Gasteiger partial charge in [0.25, 0.3) is 0 Å². The summed E-state index contributed by atoms with van der Waals surface area (Å²) < 4.78 is 0. The summed E-state index contributed by atoms with van der Waals surface area (Å²) in [4.78, 5) is 13.7. The van der Waals surface area contributed by atoms with Crippen molar-refractivity contribution >= 4 is 5.91 Å². The Labute approximate surface area is 161 Å². The van der Waals surface area contributed by atoms with Gasteiger partial charge in [0.2, 0.25) is 5.91 Å². The molecule has 0 unspecified atom stereocenters. The zero-order valence-corrected chi connectivity index (χ0v) is 17.2. The second kappa shape index (κ2) is 20.7. The summed E-state index contributed by atoms with van der Waals surface area (Å²) in [6.07, 6.45) is 16.3. The summed E-state index contributed by atoms with van der Waals surface area (Å²) in [7, 11) is 0. The van der Waals surface area contributed by atoms with Crippen LogP contribution in [0.2, 0.25) is 0 Å². The molecule has 0 radical (unpaired) electrons. The fourth-order valence-electron chi connectivity index (χ4n) is 3.19. The van der Waals surface area contributed by atoms with Crippen LogP contribution in [0.25, 0.3) is 0 Å². The van der Waals surface area contributed by atoms with Crippen molar-refractivity contribution in [2.45, 2.75) is 90.4 Å². The SMILES string of the molecule is CCCCCCCCCCCCCCC(=O)NCCN(CCO)CCO. The van der Waals surface area contributed by atoms with E-state index in [0.717, 1.165) is 12.8 Å². The quantitative estimate of drug-likeness (QED) is 0.286. The molecule has 0 aliphatic rings. The Hall–Kier alpha value is -0.650. The molecule has 3 N–H and O–H groups in total. The predicted octanol–water partition coefficient (Wildman–Crippen LogP) is 3.48. The van der Waals surface area contributed by atoms with Gasteiger partial charge in [0.15, 0.2) is 0 Å². The van der Waals surface area contributed by atoms with E-state index >= 15 is 0 Å². The van der Waals surface area contributed by atoms with Crippen molar-refractivity contribution in [3.63, 3.8) is 0 Å². The van der Waals surface area contributed by atoms with E-state index in [4.69, 9.17) is 10.2 Å². The number of nitrogens with one attached hydrogen (secondary N) is 1. The second-order valence-corrected chi connectivity index (χ2v) is 7.28. The van der Waals surface area contributed by atoms with Crippen molar-refractivity contribution in [3.8, 4) is 0 Å². The van der Waals surface area contributed by atoms with Crippen LogP contribution in [0.4, 0.5) is 0 Å². The van der Waals surface area contributed by atoms with Crippen LogP contribution >= 0.6 is 0 Å². The number of nitrogens with zero attached hydrogens (tertiary/aromatic N) is 1. The Bertz CT molecular complexity index is 295. The highest BCUT2D eigenvalue weighted by molar-refractivity contribution is 5.75. The van der Waals surface area contributed by atoms with Gasteiger partial charge >= 0.3 is 0 Å². The van der Waals surface area contributed by atoms with Crippen LogP contribution in [-0.4, -0.2) is 60.4 Å². The molecular formula is C21H44N2O3. The van der Waals surface area contributed by atoms with E-state index in [1.54, 1.807) is 0 Å². The lowest BCUT2D eigenvalue weighted by Crippen LogP contribution is -2.37. The summed E-state index contributed by atoms with van der Waals surface area (Å²) in [5.41, 5.74) is 0. The topological polar surface area (TPSA) is 72.8 Å². The van der Waals surface area contributed by atoms with Crippen LogP contribution < -0.4 is 5.32 Å². The smallest absolute Gasteiger partial charge is 0.220 e. The highest BCUT2D eigenvalue weighted by Gasteiger charge is 2.05. The number of carbonyl (C=O) groups is 1. The van der Waals surface area contributed by atoms with E-state index in [1.807, 2.05) is 4.90 Å². The summed E-state index contributed by atoms with van der Waals surface area (Å²) in [6, 6.07) is 0. The molecule has 0 aromatic heterocycles. The van der Waals surface area contributed by atoms with Gasteiger partial charge in [-0.2, -0.15) is 0 Å². The van der Waals surface area contributed by atoms with Crippen molar-refractivity contribution < 1.29 is 15.0 Å². The third-order valence-electron chi connectivity index (χ3n) is 4.84. The third-order valence-corrected chi connectivity index (χ3v) is 4.84. The van der Waals surface area contributed by atoms with Crippen molar-refractivity contribution in [1.29, 1.82) is 0 Å². The molecule has 0 atom stereocenters. The minimum Gasteiger partial charge on any atom is -0.395 e. The third kappa shape index (κ3) is 18.2. The molecule has 0 fully saturated rings. The van der Waals surface area contributed by atoms with Gasteiger partial charge in [0.1, 0.15) is 0 Å². The fourth-order valence-corrected chi connectivity index (χ4v) is 3.19. The molecule has 0 spiro atoms. The zero-order valence-electron chi connectivity index (χ0n) is 17.2. The van der Waals surface area contributed by atoms with E-state index in [0.29, 0.717) is 32.6 Å². The van der Waals surface area contributed by atoms with Crippen molar-refractivity contribution in [1.82, 2.24) is 10.2 Å². The normalized spacial score (nSPS) is 11.2. The lowest BCUT2D eigenvalue weighted by molar-refractivity contribution is -0.121. The van der Waals surface area contributed by atoms with Crippen LogP contribution in [0, 0.1) is 0 Å². The second-order valence-electron chi connectivity index (χ2n) is 7.28. The first-order valence-corrected chi connectivity index (χ1v) is 10.9. The molecule has 5 nitrogen and oxygen atoms in total. The van der Waals surface area contributed by atoms with Crippen molar-refractivity contribution in [2.24, 2.45) is 0 Å². The van der Waals surface area contributed by atoms with Gasteiger partial charge in [-0.3, -0.25) is 9.69 Å². The molecule has 0 saturated heterocycles. The molecule has 5 heteroatoms. The standard InChI is InChI=1S/C21H44N2O3/c1-2-3-4-5-6-7-8-9-10-11-12-13-14-21(26)22-15-16-23(17-19-24)18-20-25/h24-25H,2-20H2,1H3,(H,22,26). The molecule has 0 aromatic rings. The van der Waals surface area contributed by atoms with Gasteiger partial charge in [0, 0.05) is 32.6 Å². The van der Waals surface area contributed by atoms with Crippen LogP contribution in [0.3, 0.4) is 0 Å². The Morgan fingerprint density at radius 1 is 0.731 bits per heavy atom. The number of hydrogen-bond acceptors (Lipinski definition) is 4. The molecule has 156 valence electrons. The number of carbonyl (C=O) groups excluding carboxylic acids is 1. The molecule has 0 aliphatic carbocycles. The first-order valence-electron chi connectivity index (χ1n) is 10.9. The average Bonchev–Trinajstić information content (AvgIpc) is 2.63. The summed E-state index contributed by atoms with van der Waals surface area (Å²) in [5, 5.41) is 20.8. The monoisotopic (exact) mass is 372 g/mol. The van der Waals surface area contributed by atoms with Crippen LogP contribution in [0.1, 0.15) is 90.4 Å². The molecule has 0 aromatic carbocycles. The van der Waals surface area contributed by atoms with E-state index in [2.05, 4.69) is 12.2 Å². The van der Waals surface area contributed by atoms with E-state index in [1.165, 1.54) is 64.2 Å². The molecule has 0 saturated carbocycles. The largest absolute Gasteiger partial charge is 0.395 e. The number of aliphatic hydroxyl groups is 2. The molecule has 0 heterocycles. The maximum absolute atomic E-state index is 11.8. The Kier molecular flexibility index (Phi) is 20.1. The van der Waals surface area contributed by atoms with Crippen LogP contribution in [0.5, 0.6) is 0 Å². The van der Waals surface area contributed by atoms with Gasteiger partial charge in [-0.25, -0.2) is 0 Å². The summed E-state index contributed by atoms with van der Waals surface area (Å²) in [6.45, 7) is 4.74. The Balaban J connectivity index is 3.33. The molecule has 0 bridgehead atoms. The van der Waals surface area contributed by atoms with Gasteiger partial charge < -0.3 is 15.5 Å². The lowest BCUT2D eigenvalue weighted by atomic mass is 10.0. The fraction of sp³-hybridized carbons (Fsp3) is 0.952. The molecule has 26 heavy (non-hydrogen) atoms. The first-order chi connectivity index (χ1) is 12.7. The van der Waals surface area contributed by atoms with Crippen molar-refractivity contribution in [2.75, 3.05) is 39.4 Å². The molecule has 0 aliphatic heterocycles. The highest BCUT2D eigenvalue weighted by Crippen LogP contribution is 2.12. The minimum atomic E-state index is 0.0762. The number of hydrogen-bond donors (Lipinski definition) is 3. The Morgan fingerprint density at radius 3 is 1.65 bits per heavy atom. The molecule has 1 amide bonds. The Morgan fingerprint density at radius 2 is 1.19 bits per heavy atom. The zero-order chi connectivity index (χ0) is 19.3. The van der Waals surface area contributed by atoms with Gasteiger partial charge in [-0.1, -0.05) is 77.6 Å². The van der Waals surface area contributed by atoms with Gasteiger partial charge in [-0.05, 0) is 6.42 Å². The maximum Gasteiger partial charge on any atom is 0.220 e. The number of unbranched alkanes of at least 4 members (excludes halogenated alkanes) is 11. The average molecular weight is 373 g/mol. The predicted molar refractivity (Wildman–Crippen MR) is 109 cm³/mol. The van der Waals surface area contributed by atoms with Crippen molar-refractivity contribution in [3.05, 3.63) is 0 Å². The lowest BCUT2D eigenvalue weighted by Gasteiger charge is -2.20. The van der Waals surface area contributed by atoms with Gasteiger partial charge in [-0.15, -0.1) is 0 Å². The highest BCUT2D eigenvalue weighted by atomic mass is 16.3. The molecule has 0 rings (SSSR count). The summed E-state index contributed by atoms with van der Waals surface area (Å²) >= 11 is 0. The summed E-state index contributed by atoms with van der Waals surface area (Å²) in [5.74, 6) is 0.116. The minimum absolute atomic E-state index is 0.0762. The first kappa shape index (κ1) is 25.4.